The number of unbranched alkanes of at least 4 members (excludes halogenated alkanes) is 6. The Morgan fingerprint density at radius 3 is 2.32 bits per heavy atom. The second kappa shape index (κ2) is 12.2. The number of carbonyl (C=O) groups excluding carboxylic acids is 1. The highest BCUT2D eigenvalue weighted by Gasteiger charge is 2.06. The summed E-state index contributed by atoms with van der Waals surface area (Å²) in [6.45, 7) is 3.94. The number of carbonyl (C=O) groups is 1. The minimum absolute atomic E-state index is 0.317. The fraction of sp³-hybridized carbons (Fsp3) is 0.812. The molecule has 0 radical (unpaired) electrons. The predicted octanol–water partition coefficient (Wildman–Crippen LogP) is 4.00. The van der Waals surface area contributed by atoms with Crippen molar-refractivity contribution in [3.8, 4) is 0 Å². The Balaban J connectivity index is 3.54. The molecule has 112 valence electrons. The lowest BCUT2D eigenvalue weighted by Gasteiger charge is -2.08. The predicted molar refractivity (Wildman–Crippen MR) is 79.0 cm³/mol. The summed E-state index contributed by atoms with van der Waals surface area (Å²) >= 11 is 0. The second-order valence-electron chi connectivity index (χ2n) is 5.18. The largest absolute Gasteiger partial charge is 0.466 e. The van der Waals surface area contributed by atoms with Gasteiger partial charge in [-0.1, -0.05) is 57.9 Å². The third-order valence-corrected chi connectivity index (χ3v) is 3.34. The molecule has 0 aromatic rings. The zero-order chi connectivity index (χ0) is 14.5. The summed E-state index contributed by atoms with van der Waals surface area (Å²) in [6, 6.07) is 0. The number of aliphatic hydroxyl groups is 1. The topological polar surface area (TPSA) is 46.5 Å². The maximum atomic E-state index is 11.1. The maximum Gasteiger partial charge on any atom is 0.333 e. The van der Waals surface area contributed by atoms with Gasteiger partial charge in [0.25, 0.3) is 0 Å². The molecule has 3 nitrogen and oxygen atoms in total. The third-order valence-electron chi connectivity index (χ3n) is 3.34. The van der Waals surface area contributed by atoms with Gasteiger partial charge in [-0.05, 0) is 19.8 Å². The molecule has 1 N–H and O–H groups in total. The van der Waals surface area contributed by atoms with E-state index < -0.39 is 0 Å². The van der Waals surface area contributed by atoms with Crippen LogP contribution < -0.4 is 0 Å². The quantitative estimate of drug-likeness (QED) is 0.351. The molecule has 0 aliphatic carbocycles. The summed E-state index contributed by atoms with van der Waals surface area (Å²) in [6.07, 6.45) is 11.6. The van der Waals surface area contributed by atoms with E-state index in [4.69, 9.17) is 0 Å². The molecule has 0 spiro atoms. The van der Waals surface area contributed by atoms with Gasteiger partial charge in [0.05, 0.1) is 13.2 Å². The standard InChI is InChI=1S/C16H30O3/c1-4-5-6-7-8-9-10-11-15(17)13-12-14(2)16(18)19-3/h12,15,17H,4-11,13H2,1-3H3/b14-12+. The lowest BCUT2D eigenvalue weighted by molar-refractivity contribution is -0.136. The number of methoxy groups -OCH3 is 1. The number of hydrogen-bond donors (Lipinski definition) is 1. The van der Waals surface area contributed by atoms with Gasteiger partial charge in [-0.2, -0.15) is 0 Å². The van der Waals surface area contributed by atoms with Gasteiger partial charge >= 0.3 is 5.97 Å². The molecule has 3 heteroatoms. The molecule has 0 saturated heterocycles. The van der Waals surface area contributed by atoms with Crippen molar-refractivity contribution >= 4 is 5.97 Å². The summed E-state index contributed by atoms with van der Waals surface area (Å²) in [7, 11) is 1.37. The number of aliphatic hydroxyl groups excluding tert-OH is 1. The Morgan fingerprint density at radius 1 is 1.16 bits per heavy atom. The van der Waals surface area contributed by atoms with E-state index in [2.05, 4.69) is 11.7 Å². The molecule has 0 bridgehead atoms. The number of ether oxygens (including phenoxy) is 1. The zero-order valence-electron chi connectivity index (χ0n) is 12.8. The molecule has 1 atom stereocenters. The average Bonchev–Trinajstić information content (AvgIpc) is 2.42. The van der Waals surface area contributed by atoms with Crippen LogP contribution in [0.1, 0.15) is 71.6 Å². The minimum Gasteiger partial charge on any atom is -0.466 e. The molecule has 0 aromatic carbocycles. The number of hydrogen-bond acceptors (Lipinski definition) is 3. The van der Waals surface area contributed by atoms with Crippen molar-refractivity contribution < 1.29 is 14.6 Å². The van der Waals surface area contributed by atoms with Crippen LogP contribution in [0.5, 0.6) is 0 Å². The fourth-order valence-corrected chi connectivity index (χ4v) is 2.01. The minimum atomic E-state index is -0.338. The molecule has 0 fully saturated rings. The van der Waals surface area contributed by atoms with Gasteiger partial charge in [-0.15, -0.1) is 0 Å². The first-order valence-electron chi connectivity index (χ1n) is 7.55. The Hall–Kier alpha value is -0.830. The van der Waals surface area contributed by atoms with E-state index in [9.17, 15) is 9.90 Å². The lowest BCUT2D eigenvalue weighted by atomic mass is 10.0. The molecule has 0 aliphatic rings. The molecular formula is C16H30O3. The highest BCUT2D eigenvalue weighted by Crippen LogP contribution is 2.12. The van der Waals surface area contributed by atoms with Crippen LogP contribution in [0.3, 0.4) is 0 Å². The lowest BCUT2D eigenvalue weighted by Crippen LogP contribution is -2.07. The molecule has 19 heavy (non-hydrogen) atoms. The Kier molecular flexibility index (Phi) is 11.7. The normalized spacial score (nSPS) is 13.4. The van der Waals surface area contributed by atoms with Gasteiger partial charge in [0.15, 0.2) is 0 Å². The summed E-state index contributed by atoms with van der Waals surface area (Å²) < 4.78 is 4.60. The van der Waals surface area contributed by atoms with Gasteiger partial charge < -0.3 is 9.84 Å². The van der Waals surface area contributed by atoms with Crippen molar-refractivity contribution in [2.45, 2.75) is 77.7 Å². The number of rotatable bonds is 11. The van der Waals surface area contributed by atoms with Crippen molar-refractivity contribution in [2.75, 3.05) is 7.11 Å². The molecule has 0 amide bonds. The number of esters is 1. The van der Waals surface area contributed by atoms with Crippen molar-refractivity contribution in [3.05, 3.63) is 11.6 Å². The first-order valence-corrected chi connectivity index (χ1v) is 7.55. The molecule has 0 aromatic heterocycles. The first-order chi connectivity index (χ1) is 9.11. The third kappa shape index (κ3) is 10.8. The Morgan fingerprint density at radius 2 is 1.74 bits per heavy atom. The second-order valence-corrected chi connectivity index (χ2v) is 5.18. The Bertz CT molecular complexity index is 259. The monoisotopic (exact) mass is 270 g/mol. The summed E-state index contributed by atoms with van der Waals surface area (Å²) in [5.74, 6) is -0.317. The smallest absolute Gasteiger partial charge is 0.333 e. The van der Waals surface area contributed by atoms with Crippen molar-refractivity contribution in [1.82, 2.24) is 0 Å². The van der Waals surface area contributed by atoms with E-state index in [1.807, 2.05) is 0 Å². The van der Waals surface area contributed by atoms with Gasteiger partial charge in [0.2, 0.25) is 0 Å². The summed E-state index contributed by atoms with van der Waals surface area (Å²) in [4.78, 5) is 11.1. The molecule has 0 aliphatic heterocycles. The molecule has 1 unspecified atom stereocenters. The van der Waals surface area contributed by atoms with Crippen LogP contribution >= 0.6 is 0 Å². The van der Waals surface area contributed by atoms with Crippen LogP contribution in [0, 0.1) is 0 Å². The van der Waals surface area contributed by atoms with Crippen LogP contribution in [-0.4, -0.2) is 24.3 Å². The fourth-order valence-electron chi connectivity index (χ4n) is 2.01. The van der Waals surface area contributed by atoms with Crippen molar-refractivity contribution in [1.29, 1.82) is 0 Å². The molecule has 0 rings (SSSR count). The van der Waals surface area contributed by atoms with Gasteiger partial charge in [0.1, 0.15) is 0 Å². The highest BCUT2D eigenvalue weighted by molar-refractivity contribution is 5.87. The van der Waals surface area contributed by atoms with Crippen LogP contribution in [0.2, 0.25) is 0 Å². The Labute approximate surface area is 118 Å². The zero-order valence-corrected chi connectivity index (χ0v) is 12.8. The van der Waals surface area contributed by atoms with Crippen LogP contribution in [0.15, 0.2) is 11.6 Å². The summed E-state index contributed by atoms with van der Waals surface area (Å²) in [5.41, 5.74) is 0.570. The van der Waals surface area contributed by atoms with Gasteiger partial charge in [-0.3, -0.25) is 0 Å². The highest BCUT2D eigenvalue weighted by atomic mass is 16.5. The van der Waals surface area contributed by atoms with E-state index in [0.717, 1.165) is 12.8 Å². The van der Waals surface area contributed by atoms with Crippen molar-refractivity contribution in [2.24, 2.45) is 0 Å². The van der Waals surface area contributed by atoms with Crippen LogP contribution in [-0.2, 0) is 9.53 Å². The van der Waals surface area contributed by atoms with E-state index in [-0.39, 0.29) is 12.1 Å². The maximum absolute atomic E-state index is 11.1. The van der Waals surface area contributed by atoms with Crippen LogP contribution in [0.4, 0.5) is 0 Å². The molecular weight excluding hydrogens is 240 g/mol. The van der Waals surface area contributed by atoms with E-state index in [1.165, 1.54) is 45.6 Å². The molecule has 0 saturated carbocycles. The van der Waals surface area contributed by atoms with Crippen LogP contribution in [0.25, 0.3) is 0 Å². The van der Waals surface area contributed by atoms with Gasteiger partial charge in [0, 0.05) is 5.57 Å². The van der Waals surface area contributed by atoms with E-state index in [1.54, 1.807) is 13.0 Å². The first kappa shape index (κ1) is 18.2. The van der Waals surface area contributed by atoms with E-state index >= 15 is 0 Å². The van der Waals surface area contributed by atoms with Gasteiger partial charge in [-0.25, -0.2) is 4.79 Å². The van der Waals surface area contributed by atoms with E-state index in [0.29, 0.717) is 12.0 Å². The summed E-state index contributed by atoms with van der Waals surface area (Å²) in [5, 5.41) is 9.80. The SMILES string of the molecule is CCCCCCCCCC(O)C/C=C(\C)C(=O)OC. The van der Waals surface area contributed by atoms with Crippen molar-refractivity contribution in [3.63, 3.8) is 0 Å². The molecule has 0 heterocycles. The average molecular weight is 270 g/mol.